The lowest BCUT2D eigenvalue weighted by atomic mass is 9.97. The van der Waals surface area contributed by atoms with Crippen LogP contribution in [0.25, 0.3) is 0 Å². The van der Waals surface area contributed by atoms with E-state index < -0.39 is 79.8 Å². The van der Waals surface area contributed by atoms with E-state index in [-0.39, 0.29) is 6.23 Å². The zero-order valence-electron chi connectivity index (χ0n) is 45.0. The number of hydrogen-bond donors (Lipinski definition) is 4. The Morgan fingerprint density at radius 1 is 0.365 bits per heavy atom. The normalized spacial score (nSPS) is 21.7. The van der Waals surface area contributed by atoms with E-state index in [1.165, 1.54) is 55.4 Å². The summed E-state index contributed by atoms with van der Waals surface area (Å²) < 4.78 is 54.2. The topological polar surface area (TPSA) is 223 Å². The molecular weight excluding hydrogens is 1020 g/mol. The van der Waals surface area contributed by atoms with Crippen molar-refractivity contribution in [3.05, 3.63) is 119 Å². The summed E-state index contributed by atoms with van der Waals surface area (Å²) in [6, 6.07) is 28.0. The van der Waals surface area contributed by atoms with E-state index in [9.17, 15) is 39.6 Å². The van der Waals surface area contributed by atoms with Gasteiger partial charge in [0.2, 0.25) is 0 Å². The molecule has 0 spiro atoms. The molecular formula is C54H76O16Si4. The number of carbonyl (C=O) groups is 4. The highest BCUT2D eigenvalue weighted by atomic mass is 28.5. The first kappa shape index (κ1) is 60.2. The van der Waals surface area contributed by atoms with Gasteiger partial charge in [-0.15, -0.1) is 0 Å². The number of ether oxygens (including phenoxy) is 4. The summed E-state index contributed by atoms with van der Waals surface area (Å²) in [6.45, 7) is 20.5. The fraction of sp³-hybridized carbons (Fsp3) is 0.481. The van der Waals surface area contributed by atoms with E-state index in [0.29, 0.717) is 102 Å². The number of hydrogen-bond acceptors (Lipinski definition) is 16. The van der Waals surface area contributed by atoms with Gasteiger partial charge in [0.1, 0.15) is 51.6 Å². The van der Waals surface area contributed by atoms with Crippen molar-refractivity contribution >= 4 is 57.4 Å². The van der Waals surface area contributed by atoms with Gasteiger partial charge in [-0.2, -0.15) is 0 Å². The Labute approximate surface area is 440 Å². The zero-order chi connectivity index (χ0) is 55.0. The van der Waals surface area contributed by atoms with E-state index in [1.54, 1.807) is 97.1 Å². The average molecular weight is 1090 g/mol. The SMILES string of the molecule is CC(C)(O)C(=O)c1ccc(OCCC[Si]2(C)O[Si](C)(CCCOc3ccc(C(=O)C(C)(C)O)cc3)O[Si](C)(COc3ccc(C(=O)C(C)(C)O)cc3)O[Si](C)(CCCOc3ccc(C(=O)C(C)(C)O)cc3)O2)cc1. The first-order chi connectivity index (χ1) is 34.2. The Kier molecular flexibility index (Phi) is 19.6. The van der Waals surface area contributed by atoms with E-state index in [4.69, 9.17) is 35.4 Å². The molecule has 0 aliphatic carbocycles. The highest BCUT2D eigenvalue weighted by molar-refractivity contribution is 6.93. The summed E-state index contributed by atoms with van der Waals surface area (Å²) in [6.07, 6.45) is 1.67. The number of aliphatic hydroxyl groups is 4. The smallest absolute Gasteiger partial charge is 0.356 e. The fourth-order valence-electron chi connectivity index (χ4n) is 8.46. The highest BCUT2D eigenvalue weighted by Gasteiger charge is 2.57. The lowest BCUT2D eigenvalue weighted by molar-refractivity contribution is 0.0487. The second-order valence-electron chi connectivity index (χ2n) is 21.7. The van der Waals surface area contributed by atoms with Crippen LogP contribution in [0.1, 0.15) is 116 Å². The van der Waals surface area contributed by atoms with Crippen LogP contribution in [-0.2, 0) is 16.5 Å². The van der Waals surface area contributed by atoms with Crippen molar-refractivity contribution in [1.29, 1.82) is 0 Å². The first-order valence-corrected chi connectivity index (χ1v) is 35.1. The first-order valence-electron chi connectivity index (χ1n) is 25.0. The van der Waals surface area contributed by atoms with Crippen molar-refractivity contribution in [2.45, 2.75) is 141 Å². The molecule has 4 aromatic carbocycles. The van der Waals surface area contributed by atoms with Crippen LogP contribution in [-0.4, -0.2) is 126 Å². The Morgan fingerprint density at radius 3 is 0.784 bits per heavy atom. The van der Waals surface area contributed by atoms with Crippen LogP contribution in [0.15, 0.2) is 97.1 Å². The molecule has 0 amide bonds. The molecule has 2 atom stereocenters. The molecule has 5 rings (SSSR count). The summed E-state index contributed by atoms with van der Waals surface area (Å²) in [5, 5.41) is 41.0. The molecule has 1 fully saturated rings. The third-order valence-corrected chi connectivity index (χ3v) is 30.3. The molecule has 404 valence electrons. The van der Waals surface area contributed by atoms with Gasteiger partial charge in [-0.1, -0.05) is 0 Å². The maximum Gasteiger partial charge on any atom is 0.356 e. The van der Waals surface area contributed by atoms with Gasteiger partial charge in [0.25, 0.3) is 0 Å². The second kappa shape index (κ2) is 24.1. The molecule has 74 heavy (non-hydrogen) atoms. The van der Waals surface area contributed by atoms with Crippen molar-refractivity contribution in [2.24, 2.45) is 0 Å². The third-order valence-electron chi connectivity index (χ3n) is 12.0. The van der Waals surface area contributed by atoms with Gasteiger partial charge >= 0.3 is 34.2 Å². The molecule has 0 radical (unpaired) electrons. The second-order valence-corrected chi connectivity index (χ2v) is 35.9. The van der Waals surface area contributed by atoms with Gasteiger partial charge in [-0.25, -0.2) is 0 Å². The molecule has 2 unspecified atom stereocenters. The lowest BCUT2D eigenvalue weighted by Crippen LogP contribution is -2.69. The van der Waals surface area contributed by atoms with E-state index in [0.717, 1.165) is 0 Å². The largest absolute Gasteiger partial charge is 0.494 e. The van der Waals surface area contributed by atoms with Crippen LogP contribution in [0.2, 0.25) is 44.3 Å². The summed E-state index contributed by atoms with van der Waals surface area (Å²) in [5.41, 5.74) is -4.63. The van der Waals surface area contributed by atoms with Crippen molar-refractivity contribution in [2.75, 3.05) is 26.1 Å². The quantitative estimate of drug-likeness (QED) is 0.0261. The van der Waals surface area contributed by atoms with Crippen molar-refractivity contribution in [3.63, 3.8) is 0 Å². The van der Waals surface area contributed by atoms with Crippen LogP contribution in [0, 0.1) is 0 Å². The number of ketones is 4. The summed E-state index contributed by atoms with van der Waals surface area (Å²) in [7, 11) is -13.1. The van der Waals surface area contributed by atoms with Crippen molar-refractivity contribution in [1.82, 2.24) is 0 Å². The van der Waals surface area contributed by atoms with Gasteiger partial charge in [-0.3, -0.25) is 19.2 Å². The minimum absolute atomic E-state index is 0.0500. The average Bonchev–Trinajstić information content (AvgIpc) is 3.30. The molecule has 0 aromatic heterocycles. The predicted molar refractivity (Wildman–Crippen MR) is 289 cm³/mol. The van der Waals surface area contributed by atoms with Crippen LogP contribution in [0.3, 0.4) is 0 Å². The molecule has 1 heterocycles. The van der Waals surface area contributed by atoms with Crippen LogP contribution < -0.4 is 18.9 Å². The van der Waals surface area contributed by atoms with Crippen molar-refractivity contribution in [3.8, 4) is 23.0 Å². The van der Waals surface area contributed by atoms with Gasteiger partial charge in [0.05, 0.1) is 19.8 Å². The Bertz CT molecular complexity index is 2430. The molecule has 1 aliphatic heterocycles. The molecule has 1 aliphatic rings. The standard InChI is InChI=1S/C54H76O16Si4/c1-51(2,59)47(55)39-16-24-43(25-17-39)63-32-13-35-71(9)67-72(10,36-14-33-64-44-26-18-40(19-27-44)48(56)52(3,4)60)69-74(12,38-66-46-30-22-42(23-31-46)50(58)54(7,8)62)70-73(11,68-71)37-15-34-65-45-28-20-41(21-29-45)49(57)53(5,6)61/h16-31,59-62H,13-15,32-38H2,1-12H3. The van der Waals surface area contributed by atoms with E-state index in [2.05, 4.69) is 0 Å². The lowest BCUT2D eigenvalue weighted by Gasteiger charge is -2.50. The third kappa shape index (κ3) is 17.7. The summed E-state index contributed by atoms with van der Waals surface area (Å²) >= 11 is 0. The van der Waals surface area contributed by atoms with Gasteiger partial charge in [0.15, 0.2) is 23.1 Å². The van der Waals surface area contributed by atoms with Crippen LogP contribution >= 0.6 is 0 Å². The minimum Gasteiger partial charge on any atom is -0.494 e. The number of rotatable bonds is 26. The molecule has 4 N–H and O–H groups in total. The fourth-order valence-corrected chi connectivity index (χ4v) is 31.0. The molecule has 1 saturated heterocycles. The van der Waals surface area contributed by atoms with Crippen molar-refractivity contribution < 1.29 is 75.0 Å². The Hall–Kier alpha value is -4.69. The van der Waals surface area contributed by atoms with E-state index >= 15 is 0 Å². The maximum absolute atomic E-state index is 12.8. The maximum atomic E-state index is 12.8. The Balaban J connectivity index is 1.39. The van der Waals surface area contributed by atoms with Crippen LogP contribution in [0.5, 0.6) is 23.0 Å². The molecule has 4 aromatic rings. The van der Waals surface area contributed by atoms with Gasteiger partial charge in [-0.05, 0) is 216 Å². The number of benzene rings is 4. The van der Waals surface area contributed by atoms with Gasteiger partial charge in [0, 0.05) is 22.3 Å². The monoisotopic (exact) mass is 1090 g/mol. The van der Waals surface area contributed by atoms with E-state index in [1.807, 2.05) is 26.2 Å². The molecule has 16 nitrogen and oxygen atoms in total. The number of carbonyl (C=O) groups excluding carboxylic acids is 4. The molecule has 20 heteroatoms. The molecule has 0 saturated carbocycles. The summed E-state index contributed by atoms with van der Waals surface area (Å²) in [5.74, 6) is 0.529. The number of Topliss-reactive ketones (excluding diaryl/α,β-unsaturated/α-hetero) is 4. The molecule has 0 bridgehead atoms. The van der Waals surface area contributed by atoms with Crippen LogP contribution in [0.4, 0.5) is 0 Å². The Morgan fingerprint density at radius 2 is 0.568 bits per heavy atom. The predicted octanol–water partition coefficient (Wildman–Crippen LogP) is 9.19. The van der Waals surface area contributed by atoms with Gasteiger partial charge < -0.3 is 55.8 Å². The summed E-state index contributed by atoms with van der Waals surface area (Å²) in [4.78, 5) is 50.7. The minimum atomic E-state index is -3.41. The zero-order valence-corrected chi connectivity index (χ0v) is 49.0. The highest BCUT2D eigenvalue weighted by Crippen LogP contribution is 2.38.